The van der Waals surface area contributed by atoms with E-state index in [9.17, 15) is 26.4 Å². The molecule has 0 bridgehead atoms. The summed E-state index contributed by atoms with van der Waals surface area (Å²) in [6, 6.07) is 8.43. The molecular weight excluding hydrogens is 457 g/mol. The van der Waals surface area contributed by atoms with Crippen LogP contribution in [0.1, 0.15) is 35.2 Å². The molecular formula is C22H25F3N4O3S. The number of piperidine rings is 1. The van der Waals surface area contributed by atoms with Gasteiger partial charge in [0.25, 0.3) is 5.91 Å². The SMILES string of the molecule is O=C(c1cccc(S(=O)(=O)N2CCCCC2)c1)N1CCN(c2ccc(C(F)(F)F)cn2)CC1. The molecule has 2 aliphatic heterocycles. The summed E-state index contributed by atoms with van der Waals surface area (Å²) in [6.45, 7) is 2.50. The number of carbonyl (C=O) groups excluding carboxylic acids is 1. The first kappa shape index (κ1) is 23.5. The Kier molecular flexibility index (Phi) is 6.62. The largest absolute Gasteiger partial charge is 0.417 e. The molecule has 1 aromatic heterocycles. The van der Waals surface area contributed by atoms with E-state index in [1.807, 2.05) is 4.90 Å². The number of aromatic nitrogens is 1. The Balaban J connectivity index is 1.41. The number of sulfonamides is 1. The standard InChI is InChI=1S/C22H25F3N4O3S/c23-22(24,25)18-7-8-20(26-16-18)27-11-13-28(14-12-27)21(30)17-5-4-6-19(15-17)33(31,32)29-9-2-1-3-10-29/h4-8,15-16H,1-3,9-14H2. The van der Waals surface area contributed by atoms with E-state index in [0.29, 0.717) is 50.6 Å². The number of anilines is 1. The van der Waals surface area contributed by atoms with Gasteiger partial charge in [0, 0.05) is 51.0 Å². The van der Waals surface area contributed by atoms with Crippen molar-refractivity contribution < 1.29 is 26.4 Å². The van der Waals surface area contributed by atoms with Gasteiger partial charge in [-0.1, -0.05) is 12.5 Å². The Bertz CT molecular complexity index is 1090. The fraction of sp³-hybridized carbons (Fsp3) is 0.455. The highest BCUT2D eigenvalue weighted by molar-refractivity contribution is 7.89. The Morgan fingerprint density at radius 1 is 0.909 bits per heavy atom. The van der Waals surface area contributed by atoms with E-state index >= 15 is 0 Å². The lowest BCUT2D eigenvalue weighted by Gasteiger charge is -2.35. The van der Waals surface area contributed by atoms with Gasteiger partial charge in [0.05, 0.1) is 10.5 Å². The molecule has 178 valence electrons. The van der Waals surface area contributed by atoms with Gasteiger partial charge in [0.15, 0.2) is 0 Å². The number of pyridine rings is 1. The molecule has 1 amide bonds. The van der Waals surface area contributed by atoms with Gasteiger partial charge in [-0.05, 0) is 43.2 Å². The van der Waals surface area contributed by atoms with Crippen LogP contribution < -0.4 is 4.90 Å². The molecule has 2 fully saturated rings. The Hall–Kier alpha value is -2.66. The van der Waals surface area contributed by atoms with E-state index < -0.39 is 21.8 Å². The lowest BCUT2D eigenvalue weighted by atomic mass is 10.2. The average molecular weight is 483 g/mol. The summed E-state index contributed by atoms with van der Waals surface area (Å²) in [6.07, 6.45) is -0.960. The molecule has 0 aliphatic carbocycles. The van der Waals surface area contributed by atoms with Crippen LogP contribution in [0.2, 0.25) is 0 Å². The summed E-state index contributed by atoms with van der Waals surface area (Å²) in [4.78, 5) is 20.5. The summed E-state index contributed by atoms with van der Waals surface area (Å²) < 4.78 is 65.5. The lowest BCUT2D eigenvalue weighted by molar-refractivity contribution is -0.137. The van der Waals surface area contributed by atoms with Crippen molar-refractivity contribution in [2.75, 3.05) is 44.2 Å². The van der Waals surface area contributed by atoms with Crippen molar-refractivity contribution in [2.24, 2.45) is 0 Å². The monoisotopic (exact) mass is 482 g/mol. The molecule has 0 spiro atoms. The molecule has 0 radical (unpaired) electrons. The summed E-state index contributed by atoms with van der Waals surface area (Å²) >= 11 is 0. The maximum Gasteiger partial charge on any atom is 0.417 e. The van der Waals surface area contributed by atoms with Crippen LogP contribution in [0, 0.1) is 0 Å². The first-order valence-electron chi connectivity index (χ1n) is 10.8. The van der Waals surface area contributed by atoms with Crippen molar-refractivity contribution in [2.45, 2.75) is 30.3 Å². The number of hydrogen-bond acceptors (Lipinski definition) is 5. The first-order chi connectivity index (χ1) is 15.7. The molecule has 3 heterocycles. The zero-order valence-electron chi connectivity index (χ0n) is 18.0. The number of piperazine rings is 1. The molecule has 7 nitrogen and oxygen atoms in total. The Morgan fingerprint density at radius 2 is 1.61 bits per heavy atom. The zero-order chi connectivity index (χ0) is 23.6. The van der Waals surface area contributed by atoms with Gasteiger partial charge in [0.2, 0.25) is 10.0 Å². The average Bonchev–Trinajstić information content (AvgIpc) is 2.84. The highest BCUT2D eigenvalue weighted by atomic mass is 32.2. The quantitative estimate of drug-likeness (QED) is 0.669. The number of benzene rings is 1. The van der Waals surface area contributed by atoms with Crippen LogP contribution in [0.25, 0.3) is 0 Å². The van der Waals surface area contributed by atoms with Gasteiger partial charge in [-0.3, -0.25) is 4.79 Å². The van der Waals surface area contributed by atoms with E-state index in [0.717, 1.165) is 31.5 Å². The summed E-state index contributed by atoms with van der Waals surface area (Å²) in [7, 11) is -3.64. The van der Waals surface area contributed by atoms with Gasteiger partial charge in [0.1, 0.15) is 5.82 Å². The second kappa shape index (κ2) is 9.30. The normalized spacial score (nSPS) is 18.4. The zero-order valence-corrected chi connectivity index (χ0v) is 18.8. The Labute approximate surface area is 190 Å². The Morgan fingerprint density at radius 3 is 2.21 bits per heavy atom. The molecule has 2 aliphatic rings. The number of nitrogens with zero attached hydrogens (tertiary/aromatic N) is 4. The van der Waals surface area contributed by atoms with Gasteiger partial charge in [-0.2, -0.15) is 17.5 Å². The van der Waals surface area contributed by atoms with Crippen molar-refractivity contribution in [3.05, 3.63) is 53.7 Å². The van der Waals surface area contributed by atoms with Gasteiger partial charge in [-0.25, -0.2) is 13.4 Å². The van der Waals surface area contributed by atoms with Crippen LogP contribution in [0.15, 0.2) is 47.5 Å². The molecule has 0 saturated carbocycles. The highest BCUT2D eigenvalue weighted by Gasteiger charge is 2.31. The minimum absolute atomic E-state index is 0.114. The molecule has 4 rings (SSSR count). The third kappa shape index (κ3) is 5.14. The molecule has 0 unspecified atom stereocenters. The second-order valence-electron chi connectivity index (χ2n) is 8.17. The molecule has 2 aromatic rings. The second-order valence-corrected chi connectivity index (χ2v) is 10.1. The van der Waals surface area contributed by atoms with Gasteiger partial charge >= 0.3 is 6.18 Å². The summed E-state index contributed by atoms with van der Waals surface area (Å²) in [5, 5.41) is 0. The molecule has 11 heteroatoms. The molecule has 1 aromatic carbocycles. The van der Waals surface area contributed by atoms with Crippen molar-refractivity contribution in [3.63, 3.8) is 0 Å². The van der Waals surface area contributed by atoms with E-state index in [1.165, 1.54) is 22.5 Å². The lowest BCUT2D eigenvalue weighted by Crippen LogP contribution is -2.49. The van der Waals surface area contributed by atoms with Crippen molar-refractivity contribution in [3.8, 4) is 0 Å². The highest BCUT2D eigenvalue weighted by Crippen LogP contribution is 2.29. The fourth-order valence-corrected chi connectivity index (χ4v) is 5.67. The van der Waals surface area contributed by atoms with E-state index in [-0.39, 0.29) is 10.8 Å². The van der Waals surface area contributed by atoms with Crippen LogP contribution in [0.5, 0.6) is 0 Å². The number of alkyl halides is 3. The summed E-state index contributed by atoms with van der Waals surface area (Å²) in [5.41, 5.74) is -0.506. The third-order valence-electron chi connectivity index (χ3n) is 6.00. The van der Waals surface area contributed by atoms with Crippen LogP contribution >= 0.6 is 0 Å². The minimum Gasteiger partial charge on any atom is -0.353 e. The van der Waals surface area contributed by atoms with Crippen LogP contribution in [-0.4, -0.2) is 67.8 Å². The van der Waals surface area contributed by atoms with Crippen LogP contribution in [0.3, 0.4) is 0 Å². The van der Waals surface area contributed by atoms with Crippen LogP contribution in [0.4, 0.5) is 19.0 Å². The van der Waals surface area contributed by atoms with E-state index in [4.69, 9.17) is 0 Å². The predicted octanol–water partition coefficient (Wildman–Crippen LogP) is 3.24. The van der Waals surface area contributed by atoms with Crippen molar-refractivity contribution in [1.82, 2.24) is 14.2 Å². The van der Waals surface area contributed by atoms with Gasteiger partial charge < -0.3 is 9.80 Å². The smallest absolute Gasteiger partial charge is 0.353 e. The maximum absolute atomic E-state index is 13.0. The molecule has 33 heavy (non-hydrogen) atoms. The third-order valence-corrected chi connectivity index (χ3v) is 7.89. The molecule has 2 saturated heterocycles. The van der Waals surface area contributed by atoms with Crippen molar-refractivity contribution in [1.29, 1.82) is 0 Å². The number of rotatable bonds is 4. The van der Waals surface area contributed by atoms with E-state index in [2.05, 4.69) is 4.98 Å². The molecule has 0 N–H and O–H groups in total. The van der Waals surface area contributed by atoms with E-state index in [1.54, 1.807) is 17.0 Å². The summed E-state index contributed by atoms with van der Waals surface area (Å²) in [5.74, 6) is 0.149. The topological polar surface area (TPSA) is 73.8 Å². The fourth-order valence-electron chi connectivity index (χ4n) is 4.11. The first-order valence-corrected chi connectivity index (χ1v) is 12.3. The van der Waals surface area contributed by atoms with Crippen LogP contribution in [-0.2, 0) is 16.2 Å². The maximum atomic E-state index is 13.0. The number of hydrogen-bond donors (Lipinski definition) is 0. The van der Waals surface area contributed by atoms with Gasteiger partial charge in [-0.15, -0.1) is 0 Å². The minimum atomic E-state index is -4.44. The number of amides is 1. The predicted molar refractivity (Wildman–Crippen MR) is 116 cm³/mol. The number of carbonyl (C=O) groups is 1. The van der Waals surface area contributed by atoms with Crippen molar-refractivity contribution >= 4 is 21.7 Å². The number of halogens is 3. The molecule has 0 atom stereocenters.